The van der Waals surface area contributed by atoms with E-state index in [1.165, 1.54) is 29.0 Å². The van der Waals surface area contributed by atoms with Gasteiger partial charge in [-0.2, -0.15) is 0 Å². The second kappa shape index (κ2) is 16.8. The average Bonchev–Trinajstić information content (AvgIpc) is 3.08. The summed E-state index contributed by atoms with van der Waals surface area (Å²) < 4.78 is 27.9. The Labute approximate surface area is 283 Å². The first-order chi connectivity index (χ1) is 22.6. The van der Waals surface area contributed by atoms with Gasteiger partial charge in [0.25, 0.3) is 0 Å². The maximum atomic E-state index is 14.4. The highest BCUT2D eigenvalue weighted by atomic mass is 19.2. The average molecular weight is 665 g/mol. The van der Waals surface area contributed by atoms with Gasteiger partial charge in [-0.05, 0) is 59.4 Å². The van der Waals surface area contributed by atoms with E-state index in [0.717, 1.165) is 41.3 Å². The Hall–Kier alpha value is -4.15. The van der Waals surface area contributed by atoms with Crippen LogP contribution in [0.15, 0.2) is 72.8 Å². The van der Waals surface area contributed by atoms with Crippen LogP contribution in [-0.4, -0.2) is 77.5 Å². The molecule has 260 valence electrons. The molecule has 0 saturated carbocycles. The van der Waals surface area contributed by atoms with Crippen LogP contribution in [0.3, 0.4) is 0 Å². The van der Waals surface area contributed by atoms with Gasteiger partial charge in [0.2, 0.25) is 17.7 Å². The fourth-order valence-electron chi connectivity index (χ4n) is 5.37. The quantitative estimate of drug-likeness (QED) is 0.183. The first-order valence-electron chi connectivity index (χ1n) is 16.4. The van der Waals surface area contributed by atoms with Crippen LogP contribution in [0.4, 0.5) is 8.78 Å². The number of halogens is 2. The maximum Gasteiger partial charge on any atom is 0.246 e. The van der Waals surface area contributed by atoms with E-state index in [0.29, 0.717) is 12.0 Å². The van der Waals surface area contributed by atoms with Gasteiger partial charge in [-0.25, -0.2) is 8.78 Å². The third-order valence-electron chi connectivity index (χ3n) is 9.24. The van der Waals surface area contributed by atoms with E-state index < -0.39 is 52.4 Å². The summed E-state index contributed by atoms with van der Waals surface area (Å²) in [6, 6.07) is 14.8. The Bertz CT molecular complexity index is 1600. The van der Waals surface area contributed by atoms with E-state index in [4.69, 9.17) is 5.73 Å². The highest BCUT2D eigenvalue weighted by Crippen LogP contribution is 2.22. The predicted octanol–water partition coefficient (Wildman–Crippen LogP) is 5.16. The molecule has 0 fully saturated rings. The molecule has 0 aliphatic heterocycles. The van der Waals surface area contributed by atoms with Crippen LogP contribution in [0.1, 0.15) is 58.1 Å². The van der Waals surface area contributed by atoms with Gasteiger partial charge in [0.1, 0.15) is 12.1 Å². The number of carbonyl (C=O) groups is 3. The molecule has 0 radical (unpaired) electrons. The van der Waals surface area contributed by atoms with Crippen molar-refractivity contribution < 1.29 is 28.3 Å². The Morgan fingerprint density at radius 1 is 0.875 bits per heavy atom. The number of carbonyl (C=O) groups excluding carboxylic acids is 3. The molecule has 3 aromatic rings. The summed E-state index contributed by atoms with van der Waals surface area (Å²) >= 11 is 0. The molecule has 0 aromatic heterocycles. The summed E-state index contributed by atoms with van der Waals surface area (Å²) in [4.78, 5) is 44.3. The van der Waals surface area contributed by atoms with Crippen LogP contribution in [-0.2, 0) is 27.2 Å². The Balaban J connectivity index is 1.99. The molecule has 2 atom stereocenters. The number of nitrogens with zero attached hydrogens (tertiary/aromatic N) is 2. The van der Waals surface area contributed by atoms with E-state index in [9.17, 15) is 28.3 Å². The highest BCUT2D eigenvalue weighted by molar-refractivity contribution is 5.95. The number of nitrogens with one attached hydrogen (secondary N) is 1. The van der Waals surface area contributed by atoms with Gasteiger partial charge in [0.15, 0.2) is 11.6 Å². The van der Waals surface area contributed by atoms with E-state index in [1.54, 1.807) is 27.0 Å². The van der Waals surface area contributed by atoms with Crippen LogP contribution in [0, 0.1) is 17.0 Å². The van der Waals surface area contributed by atoms with Gasteiger partial charge < -0.3 is 26.0 Å². The fourth-order valence-corrected chi connectivity index (χ4v) is 5.37. The molecule has 0 aliphatic carbocycles. The van der Waals surface area contributed by atoms with Crippen molar-refractivity contribution in [3.8, 4) is 0 Å². The topological polar surface area (TPSA) is 116 Å². The normalized spacial score (nSPS) is 13.4. The smallest absolute Gasteiger partial charge is 0.246 e. The molecule has 0 spiro atoms. The molecule has 0 saturated heterocycles. The number of aliphatic hydroxyl groups excluding tert-OH is 1. The zero-order valence-corrected chi connectivity index (χ0v) is 28.9. The Morgan fingerprint density at radius 3 is 2.10 bits per heavy atom. The van der Waals surface area contributed by atoms with Crippen molar-refractivity contribution >= 4 is 28.5 Å². The summed E-state index contributed by atoms with van der Waals surface area (Å²) in [6.07, 6.45) is 5.17. The van der Waals surface area contributed by atoms with Gasteiger partial charge in [-0.3, -0.25) is 14.4 Å². The van der Waals surface area contributed by atoms with Crippen LogP contribution < -0.4 is 11.1 Å². The molecular formula is C38H50F2N4O4. The standard InChI is InChI=1S/C38H50F2N4O4/c1-7-38(41,8-2)19-11-14-34(46)43(5)33(23-26-15-17-28-12-9-10-13-29(28)20-26)36(48)44(6)32(35(47)42-24-37(3,4)25-45)22-27-16-18-30(39)31(40)21-27/h9-18,20-21,32-33,45H,7-8,19,22-25,41H2,1-6H3,(H,42,47)/b14-11+/t32-,33-/m1/s1. The summed E-state index contributed by atoms with van der Waals surface area (Å²) in [6.45, 7) is 7.46. The lowest BCUT2D eigenvalue weighted by Gasteiger charge is -2.35. The lowest BCUT2D eigenvalue weighted by atomic mass is 9.90. The first-order valence-corrected chi connectivity index (χ1v) is 16.4. The van der Waals surface area contributed by atoms with Gasteiger partial charge in [0, 0.05) is 51.0 Å². The minimum atomic E-state index is -1.14. The Morgan fingerprint density at radius 2 is 1.48 bits per heavy atom. The van der Waals surface area contributed by atoms with E-state index >= 15 is 0 Å². The molecular weight excluding hydrogens is 614 g/mol. The molecule has 3 amide bonds. The molecule has 3 aromatic carbocycles. The van der Waals surface area contributed by atoms with Crippen molar-refractivity contribution in [1.29, 1.82) is 0 Å². The van der Waals surface area contributed by atoms with Crippen molar-refractivity contribution in [3.05, 3.63) is 95.6 Å². The zero-order valence-electron chi connectivity index (χ0n) is 28.9. The van der Waals surface area contributed by atoms with E-state index in [1.807, 2.05) is 56.3 Å². The number of aliphatic hydroxyl groups is 1. The van der Waals surface area contributed by atoms with Crippen molar-refractivity contribution in [3.63, 3.8) is 0 Å². The molecule has 10 heteroatoms. The number of amides is 3. The monoisotopic (exact) mass is 664 g/mol. The molecule has 48 heavy (non-hydrogen) atoms. The van der Waals surface area contributed by atoms with Gasteiger partial charge in [0.05, 0.1) is 0 Å². The molecule has 3 rings (SSSR count). The Kier molecular flexibility index (Phi) is 13.4. The number of hydrogen-bond acceptors (Lipinski definition) is 5. The van der Waals surface area contributed by atoms with Gasteiger partial charge >= 0.3 is 0 Å². The third-order valence-corrected chi connectivity index (χ3v) is 9.24. The molecule has 0 bridgehead atoms. The summed E-state index contributed by atoms with van der Waals surface area (Å²) in [5, 5.41) is 14.5. The van der Waals surface area contributed by atoms with Crippen molar-refractivity contribution in [1.82, 2.24) is 15.1 Å². The van der Waals surface area contributed by atoms with E-state index in [-0.39, 0.29) is 26.0 Å². The molecule has 8 nitrogen and oxygen atoms in total. The molecule has 4 N–H and O–H groups in total. The lowest BCUT2D eigenvalue weighted by Crippen LogP contribution is -2.56. The van der Waals surface area contributed by atoms with Crippen molar-refractivity contribution in [2.75, 3.05) is 27.2 Å². The molecule has 0 unspecified atom stereocenters. The number of fused-ring (bicyclic) bond motifs is 1. The summed E-state index contributed by atoms with van der Waals surface area (Å²) in [5.74, 6) is -3.53. The number of nitrogens with two attached hydrogens (primary N) is 1. The number of hydrogen-bond donors (Lipinski definition) is 3. The van der Waals surface area contributed by atoms with Crippen molar-refractivity contribution in [2.24, 2.45) is 11.1 Å². The number of likely N-dealkylation sites (N-methyl/N-ethyl adjacent to an activating group) is 2. The zero-order chi connectivity index (χ0) is 35.6. The summed E-state index contributed by atoms with van der Waals surface area (Å²) in [7, 11) is 3.02. The van der Waals surface area contributed by atoms with Crippen LogP contribution in [0.5, 0.6) is 0 Å². The maximum absolute atomic E-state index is 14.4. The minimum absolute atomic E-state index is 0.112. The lowest BCUT2D eigenvalue weighted by molar-refractivity contribution is -0.146. The first kappa shape index (κ1) is 38.3. The van der Waals surface area contributed by atoms with Crippen LogP contribution in [0.25, 0.3) is 10.8 Å². The van der Waals surface area contributed by atoms with Gasteiger partial charge in [-0.15, -0.1) is 0 Å². The largest absolute Gasteiger partial charge is 0.396 e. The second-order valence-corrected chi connectivity index (χ2v) is 13.5. The SMILES string of the molecule is CCC(N)(CC)C/C=C/C(=O)N(C)[C@H](Cc1ccc2ccccc2c1)C(=O)N(C)[C@H](Cc1ccc(F)c(F)c1)C(=O)NCC(C)(C)CO. The van der Waals surface area contributed by atoms with Crippen LogP contribution in [0.2, 0.25) is 0 Å². The molecule has 0 heterocycles. The highest BCUT2D eigenvalue weighted by Gasteiger charge is 2.35. The number of benzene rings is 3. The number of rotatable bonds is 16. The van der Waals surface area contributed by atoms with Crippen LogP contribution >= 0.6 is 0 Å². The predicted molar refractivity (Wildman–Crippen MR) is 186 cm³/mol. The minimum Gasteiger partial charge on any atom is -0.396 e. The van der Waals surface area contributed by atoms with Gasteiger partial charge in [-0.1, -0.05) is 82.3 Å². The molecule has 0 aliphatic rings. The van der Waals surface area contributed by atoms with Crippen molar-refractivity contribution in [2.45, 2.75) is 77.4 Å². The summed E-state index contributed by atoms with van der Waals surface area (Å²) in [5.41, 5.74) is 6.46. The van der Waals surface area contributed by atoms with E-state index in [2.05, 4.69) is 5.32 Å². The fraction of sp³-hybridized carbons (Fsp3) is 0.447. The second-order valence-electron chi connectivity index (χ2n) is 13.5. The third kappa shape index (κ3) is 10.2.